The van der Waals surface area contributed by atoms with Gasteiger partial charge in [0.2, 0.25) is 0 Å². The van der Waals surface area contributed by atoms with E-state index in [4.69, 9.17) is 0 Å². The summed E-state index contributed by atoms with van der Waals surface area (Å²) in [4.78, 5) is 34.5. The van der Waals surface area contributed by atoms with Gasteiger partial charge in [0.15, 0.2) is 11.6 Å². The highest BCUT2D eigenvalue weighted by Crippen LogP contribution is 2.59. The first-order valence-corrected chi connectivity index (χ1v) is 5.21. The third kappa shape index (κ3) is 0.919. The van der Waals surface area contributed by atoms with Crippen molar-refractivity contribution in [2.75, 3.05) is 7.11 Å². The van der Waals surface area contributed by atoms with Crippen LogP contribution in [0.25, 0.3) is 0 Å². The zero-order chi connectivity index (χ0) is 11.4. The van der Waals surface area contributed by atoms with Crippen LogP contribution < -0.4 is 0 Å². The number of allylic oxidation sites excluding steroid dienone is 3. The van der Waals surface area contributed by atoms with Gasteiger partial charge in [-0.25, -0.2) is 4.79 Å². The molecule has 0 radical (unpaired) electrons. The van der Waals surface area contributed by atoms with Gasteiger partial charge in [-0.1, -0.05) is 6.08 Å². The Bertz CT molecular complexity index is 471. The van der Waals surface area contributed by atoms with E-state index in [0.29, 0.717) is 5.57 Å². The van der Waals surface area contributed by atoms with Crippen LogP contribution in [-0.2, 0) is 19.1 Å². The van der Waals surface area contributed by atoms with E-state index >= 15 is 0 Å². The average molecular weight is 218 g/mol. The van der Waals surface area contributed by atoms with E-state index in [-0.39, 0.29) is 41.2 Å². The number of esters is 1. The van der Waals surface area contributed by atoms with Crippen molar-refractivity contribution >= 4 is 17.5 Å². The van der Waals surface area contributed by atoms with Gasteiger partial charge in [0.05, 0.1) is 7.11 Å². The summed E-state index contributed by atoms with van der Waals surface area (Å²) in [7, 11) is 1.32. The standard InChI is InChI=1S/C12H10O4/c1-16-12(15)6-4-5-9(6)11-8(14)3-2-7(13)10(5)11/h2-5,9-11H,1H3. The van der Waals surface area contributed by atoms with Gasteiger partial charge in [0, 0.05) is 23.3 Å². The summed E-state index contributed by atoms with van der Waals surface area (Å²) < 4.78 is 4.63. The number of methoxy groups -OCH3 is 1. The number of ketones is 2. The number of fused-ring (bicyclic) bond motifs is 4. The molecular formula is C12H10O4. The minimum absolute atomic E-state index is 0.00557. The summed E-state index contributed by atoms with van der Waals surface area (Å²) in [5.41, 5.74) is 0.560. The van der Waals surface area contributed by atoms with E-state index in [9.17, 15) is 14.4 Å². The summed E-state index contributed by atoms with van der Waals surface area (Å²) in [6.07, 6.45) is 4.44. The molecule has 82 valence electrons. The minimum Gasteiger partial charge on any atom is -0.466 e. The van der Waals surface area contributed by atoms with E-state index < -0.39 is 0 Å². The molecule has 4 nitrogen and oxygen atoms in total. The largest absolute Gasteiger partial charge is 0.466 e. The molecule has 0 amide bonds. The second kappa shape index (κ2) is 2.90. The van der Waals surface area contributed by atoms with Crippen molar-refractivity contribution in [3.05, 3.63) is 23.8 Å². The molecule has 4 heteroatoms. The van der Waals surface area contributed by atoms with Crippen LogP contribution in [0.2, 0.25) is 0 Å². The second-order valence-electron chi connectivity index (χ2n) is 4.41. The number of hydrogen-bond donors (Lipinski definition) is 0. The van der Waals surface area contributed by atoms with Crippen LogP contribution in [0.4, 0.5) is 0 Å². The Morgan fingerprint density at radius 1 is 1.12 bits per heavy atom. The number of ether oxygens (including phenoxy) is 1. The van der Waals surface area contributed by atoms with Crippen LogP contribution >= 0.6 is 0 Å². The molecule has 0 spiro atoms. The molecule has 0 saturated heterocycles. The molecule has 0 N–H and O–H groups in total. The second-order valence-corrected chi connectivity index (χ2v) is 4.41. The Labute approximate surface area is 92.0 Å². The molecule has 4 atom stereocenters. The molecule has 1 fully saturated rings. The van der Waals surface area contributed by atoms with Gasteiger partial charge in [0.25, 0.3) is 0 Å². The first kappa shape index (κ1) is 9.51. The predicted octanol–water partition coefficient (Wildman–Crippen LogP) is 0.286. The Hall–Kier alpha value is -1.71. The van der Waals surface area contributed by atoms with Crippen LogP contribution in [0, 0.1) is 23.7 Å². The summed E-state index contributed by atoms with van der Waals surface area (Å²) >= 11 is 0. The molecule has 0 aromatic heterocycles. The predicted molar refractivity (Wildman–Crippen MR) is 53.2 cm³/mol. The first-order chi connectivity index (χ1) is 7.65. The molecule has 0 aromatic rings. The summed E-state index contributed by atoms with van der Waals surface area (Å²) in [6.45, 7) is 0. The maximum Gasteiger partial charge on any atom is 0.333 e. The average Bonchev–Trinajstić information content (AvgIpc) is 2.24. The molecule has 3 aliphatic rings. The van der Waals surface area contributed by atoms with Gasteiger partial charge in [-0.2, -0.15) is 0 Å². The Kier molecular flexibility index (Phi) is 1.73. The molecule has 0 heterocycles. The highest BCUT2D eigenvalue weighted by molar-refractivity contribution is 6.11. The van der Waals surface area contributed by atoms with Crippen LogP contribution in [0.3, 0.4) is 0 Å². The normalized spacial score (nSPS) is 38.9. The topological polar surface area (TPSA) is 60.4 Å². The van der Waals surface area contributed by atoms with Gasteiger partial charge in [-0.15, -0.1) is 0 Å². The maximum absolute atomic E-state index is 11.6. The van der Waals surface area contributed by atoms with Crippen LogP contribution in [-0.4, -0.2) is 24.6 Å². The van der Waals surface area contributed by atoms with Crippen molar-refractivity contribution in [1.82, 2.24) is 0 Å². The number of carbonyl (C=O) groups excluding carboxylic acids is 3. The smallest absolute Gasteiger partial charge is 0.333 e. The molecule has 0 aromatic carbocycles. The van der Waals surface area contributed by atoms with Crippen molar-refractivity contribution in [1.29, 1.82) is 0 Å². The number of hydrogen-bond acceptors (Lipinski definition) is 4. The third-order valence-corrected chi connectivity index (χ3v) is 3.82. The Balaban J connectivity index is 1.91. The molecule has 4 unspecified atom stereocenters. The third-order valence-electron chi connectivity index (χ3n) is 3.82. The zero-order valence-electron chi connectivity index (χ0n) is 8.67. The van der Waals surface area contributed by atoms with E-state index in [0.717, 1.165) is 0 Å². The summed E-state index contributed by atoms with van der Waals surface area (Å²) in [5.74, 6) is -0.974. The van der Waals surface area contributed by atoms with Crippen LogP contribution in [0.1, 0.15) is 0 Å². The Morgan fingerprint density at radius 3 is 2.38 bits per heavy atom. The monoisotopic (exact) mass is 218 g/mol. The van der Waals surface area contributed by atoms with Crippen molar-refractivity contribution < 1.29 is 19.1 Å². The van der Waals surface area contributed by atoms with Crippen molar-refractivity contribution in [3.8, 4) is 0 Å². The molecule has 3 aliphatic carbocycles. The fraction of sp³-hybridized carbons (Fsp3) is 0.417. The number of rotatable bonds is 1. The van der Waals surface area contributed by atoms with Gasteiger partial charge in [-0.05, 0) is 18.1 Å². The molecule has 0 bridgehead atoms. The number of carbonyl (C=O) groups is 3. The molecule has 16 heavy (non-hydrogen) atoms. The lowest BCUT2D eigenvalue weighted by Crippen LogP contribution is -2.60. The van der Waals surface area contributed by atoms with Crippen molar-refractivity contribution in [2.24, 2.45) is 23.7 Å². The summed E-state index contributed by atoms with van der Waals surface area (Å²) in [6, 6.07) is 0. The van der Waals surface area contributed by atoms with E-state index in [2.05, 4.69) is 4.74 Å². The van der Waals surface area contributed by atoms with E-state index in [1.54, 1.807) is 6.08 Å². The maximum atomic E-state index is 11.6. The van der Waals surface area contributed by atoms with E-state index in [1.165, 1.54) is 19.3 Å². The molecule has 0 aliphatic heterocycles. The van der Waals surface area contributed by atoms with Crippen molar-refractivity contribution in [3.63, 3.8) is 0 Å². The lowest BCUT2D eigenvalue weighted by atomic mass is 9.45. The lowest BCUT2D eigenvalue weighted by Gasteiger charge is -2.55. The lowest BCUT2D eigenvalue weighted by molar-refractivity contribution is -0.150. The van der Waals surface area contributed by atoms with Gasteiger partial charge < -0.3 is 4.74 Å². The molecule has 3 rings (SSSR count). The zero-order valence-corrected chi connectivity index (χ0v) is 8.67. The van der Waals surface area contributed by atoms with Gasteiger partial charge in [-0.3, -0.25) is 9.59 Å². The highest BCUT2D eigenvalue weighted by Gasteiger charge is 2.62. The minimum atomic E-state index is -0.380. The highest BCUT2D eigenvalue weighted by atomic mass is 16.5. The van der Waals surface area contributed by atoms with Crippen molar-refractivity contribution in [2.45, 2.75) is 0 Å². The summed E-state index contributed by atoms with van der Waals surface area (Å²) in [5, 5.41) is 0. The molecule has 1 saturated carbocycles. The SMILES string of the molecule is COC(=O)C1=CC2C3C(=O)C=CC(=O)C3C12. The molecular weight excluding hydrogens is 208 g/mol. The first-order valence-electron chi connectivity index (χ1n) is 5.21. The van der Waals surface area contributed by atoms with Gasteiger partial charge >= 0.3 is 5.97 Å². The quantitative estimate of drug-likeness (QED) is 0.593. The fourth-order valence-corrected chi connectivity index (χ4v) is 3.02. The fourth-order valence-electron chi connectivity index (χ4n) is 3.02. The van der Waals surface area contributed by atoms with Gasteiger partial charge in [0.1, 0.15) is 0 Å². The van der Waals surface area contributed by atoms with Crippen LogP contribution in [0.5, 0.6) is 0 Å². The van der Waals surface area contributed by atoms with Crippen LogP contribution in [0.15, 0.2) is 23.8 Å². The van der Waals surface area contributed by atoms with E-state index in [1.807, 2.05) is 0 Å². The Morgan fingerprint density at radius 2 is 1.75 bits per heavy atom.